The van der Waals surface area contributed by atoms with Gasteiger partial charge in [0.25, 0.3) is 0 Å². The van der Waals surface area contributed by atoms with Gasteiger partial charge in [-0.3, -0.25) is 0 Å². The number of hydrogen-bond acceptors (Lipinski definition) is 0. The Hall–Kier alpha value is -6.88. The number of nitrogens with zero attached hydrogens (tertiary/aromatic N) is 4. The Labute approximate surface area is 277 Å². The van der Waals surface area contributed by atoms with Crippen LogP contribution < -0.4 is 0 Å². The van der Waals surface area contributed by atoms with Crippen LogP contribution in [0.5, 0.6) is 0 Å². The Bertz CT molecular complexity index is 2760. The Morgan fingerprint density at radius 3 is 1.71 bits per heavy atom. The molecule has 9 aromatic rings. The Kier molecular flexibility index (Phi) is 6.22. The van der Waals surface area contributed by atoms with Gasteiger partial charge in [0.05, 0.1) is 40.9 Å². The molecule has 0 atom stereocenters. The Morgan fingerprint density at radius 2 is 1.00 bits per heavy atom. The van der Waals surface area contributed by atoms with E-state index in [9.17, 15) is 0 Å². The second-order valence-corrected chi connectivity index (χ2v) is 11.9. The topological polar surface area (TPSA) is 18.6 Å². The number of hydrogen-bond donors (Lipinski definition) is 0. The van der Waals surface area contributed by atoms with Crippen LogP contribution >= 0.6 is 0 Å². The summed E-state index contributed by atoms with van der Waals surface area (Å²) in [7, 11) is 0. The van der Waals surface area contributed by atoms with Gasteiger partial charge in [-0.15, -0.1) is 0 Å². The average Bonchev–Trinajstić information content (AvgIpc) is 3.67. The van der Waals surface area contributed by atoms with Crippen molar-refractivity contribution in [2.45, 2.75) is 0 Å². The van der Waals surface area contributed by atoms with E-state index in [4.69, 9.17) is 13.1 Å². The summed E-state index contributed by atoms with van der Waals surface area (Å²) in [5, 5.41) is 4.59. The summed E-state index contributed by atoms with van der Waals surface area (Å²) < 4.78 is 4.59. The highest BCUT2D eigenvalue weighted by Gasteiger charge is 2.18. The van der Waals surface area contributed by atoms with Crippen LogP contribution in [0.25, 0.3) is 86.9 Å². The van der Waals surface area contributed by atoms with Crippen LogP contribution in [-0.2, 0) is 0 Å². The van der Waals surface area contributed by atoms with Crippen LogP contribution in [-0.4, -0.2) is 9.13 Å². The minimum Gasteiger partial charge on any atom is -0.309 e. The van der Waals surface area contributed by atoms with Crippen molar-refractivity contribution in [2.24, 2.45) is 0 Å². The fourth-order valence-electron chi connectivity index (χ4n) is 7.24. The van der Waals surface area contributed by atoms with Crippen molar-refractivity contribution in [1.82, 2.24) is 9.13 Å². The van der Waals surface area contributed by atoms with Gasteiger partial charge in [-0.05, 0) is 76.2 Å². The summed E-state index contributed by atoms with van der Waals surface area (Å²) in [5.74, 6) is 0. The maximum Gasteiger partial charge on any atom is 0.195 e. The molecular weight excluding hydrogens is 585 g/mol. The number of fused-ring (bicyclic) bond motifs is 6. The van der Waals surface area contributed by atoms with E-state index in [0.717, 1.165) is 66.5 Å². The minimum atomic E-state index is 0.612. The average molecular weight is 611 g/mol. The Morgan fingerprint density at radius 1 is 0.396 bits per heavy atom. The first-order valence-electron chi connectivity index (χ1n) is 15.8. The number of aromatic nitrogens is 2. The standard InChI is InChI=1S/C44H26N4/c1-45-31-23-25-44-38(28-31)36-17-6-7-18-40(36)47(44)32-13-11-12-29(26-32)30-22-24-39(46-2)37(27-30)35-16-5-10-21-43(35)48-41-19-8-3-14-33(41)34-15-4-9-20-42(34)48/h3-28H. The molecule has 0 aliphatic rings. The molecule has 222 valence electrons. The van der Waals surface area contributed by atoms with Gasteiger partial charge in [0.2, 0.25) is 0 Å². The van der Waals surface area contributed by atoms with Gasteiger partial charge in [-0.1, -0.05) is 109 Å². The highest BCUT2D eigenvalue weighted by molar-refractivity contribution is 6.11. The van der Waals surface area contributed by atoms with Crippen molar-refractivity contribution in [2.75, 3.05) is 0 Å². The van der Waals surface area contributed by atoms with Crippen molar-refractivity contribution < 1.29 is 0 Å². The molecule has 4 nitrogen and oxygen atoms in total. The fourth-order valence-corrected chi connectivity index (χ4v) is 7.24. The molecule has 7 aromatic carbocycles. The summed E-state index contributed by atoms with van der Waals surface area (Å²) in [4.78, 5) is 7.67. The zero-order valence-electron chi connectivity index (χ0n) is 25.8. The zero-order valence-corrected chi connectivity index (χ0v) is 25.8. The van der Waals surface area contributed by atoms with Crippen LogP contribution in [0.1, 0.15) is 0 Å². The fraction of sp³-hybridized carbons (Fsp3) is 0. The summed E-state index contributed by atoms with van der Waals surface area (Å²) in [6.45, 7) is 15.7. The Balaban J connectivity index is 1.23. The molecule has 0 saturated heterocycles. The van der Waals surface area contributed by atoms with Gasteiger partial charge in [0.1, 0.15) is 0 Å². The van der Waals surface area contributed by atoms with Gasteiger partial charge in [0.15, 0.2) is 11.4 Å². The lowest BCUT2D eigenvalue weighted by atomic mass is 9.96. The second kappa shape index (κ2) is 10.9. The molecule has 9 rings (SSSR count). The van der Waals surface area contributed by atoms with E-state index < -0.39 is 0 Å². The summed E-state index contributed by atoms with van der Waals surface area (Å²) in [6, 6.07) is 54.4. The third-order valence-corrected chi connectivity index (χ3v) is 9.36. The molecule has 4 heteroatoms. The van der Waals surface area contributed by atoms with Gasteiger partial charge >= 0.3 is 0 Å². The lowest BCUT2D eigenvalue weighted by Gasteiger charge is -2.16. The molecule has 2 aromatic heterocycles. The van der Waals surface area contributed by atoms with Crippen molar-refractivity contribution in [3.63, 3.8) is 0 Å². The van der Waals surface area contributed by atoms with Crippen molar-refractivity contribution in [3.05, 3.63) is 181 Å². The molecule has 0 N–H and O–H groups in total. The number of para-hydroxylation sites is 4. The monoisotopic (exact) mass is 610 g/mol. The molecule has 0 fully saturated rings. The first kappa shape index (κ1) is 27.4. The molecule has 0 unspecified atom stereocenters. The SMILES string of the molecule is [C-]#[N+]c1ccc2c(c1)c1ccccc1n2-c1cccc(-c2ccc([N+]#[C-])c(-c3ccccc3-n3c4ccccc4c4ccccc43)c2)c1. The van der Waals surface area contributed by atoms with Gasteiger partial charge in [0, 0.05) is 21.8 Å². The van der Waals surface area contributed by atoms with Crippen LogP contribution in [0.2, 0.25) is 0 Å². The third kappa shape index (κ3) is 4.14. The largest absolute Gasteiger partial charge is 0.309 e. The van der Waals surface area contributed by atoms with E-state index in [2.05, 4.69) is 140 Å². The van der Waals surface area contributed by atoms with E-state index in [1.54, 1.807) is 0 Å². The first-order valence-corrected chi connectivity index (χ1v) is 15.8. The first-order chi connectivity index (χ1) is 23.7. The predicted molar refractivity (Wildman–Crippen MR) is 199 cm³/mol. The maximum absolute atomic E-state index is 8.12. The quantitative estimate of drug-likeness (QED) is 0.177. The van der Waals surface area contributed by atoms with E-state index >= 15 is 0 Å². The van der Waals surface area contributed by atoms with Crippen molar-refractivity contribution in [3.8, 4) is 33.6 Å². The van der Waals surface area contributed by atoms with Gasteiger partial charge in [-0.25, -0.2) is 9.69 Å². The van der Waals surface area contributed by atoms with Crippen LogP contribution in [0.3, 0.4) is 0 Å². The smallest absolute Gasteiger partial charge is 0.195 e. The summed E-state index contributed by atoms with van der Waals surface area (Å²) in [6.07, 6.45) is 0. The van der Waals surface area contributed by atoms with Crippen LogP contribution in [0, 0.1) is 13.1 Å². The van der Waals surface area contributed by atoms with Gasteiger partial charge in [-0.2, -0.15) is 0 Å². The molecule has 0 spiro atoms. The normalized spacial score (nSPS) is 11.3. The molecule has 0 saturated carbocycles. The number of rotatable bonds is 4. The molecule has 2 heterocycles. The molecule has 0 bridgehead atoms. The second-order valence-electron chi connectivity index (χ2n) is 11.9. The molecule has 48 heavy (non-hydrogen) atoms. The van der Waals surface area contributed by atoms with Crippen molar-refractivity contribution in [1.29, 1.82) is 0 Å². The predicted octanol–water partition coefficient (Wildman–Crippen LogP) is 12.3. The summed E-state index contributed by atoms with van der Waals surface area (Å²) in [5.41, 5.74) is 11.7. The van der Waals surface area contributed by atoms with E-state index in [1.807, 2.05) is 36.4 Å². The molecule has 0 amide bonds. The summed E-state index contributed by atoms with van der Waals surface area (Å²) >= 11 is 0. The number of benzene rings is 7. The highest BCUT2D eigenvalue weighted by Crippen LogP contribution is 2.41. The maximum atomic E-state index is 8.12. The van der Waals surface area contributed by atoms with Crippen molar-refractivity contribution >= 4 is 55.0 Å². The molecule has 0 aliphatic carbocycles. The van der Waals surface area contributed by atoms with E-state index in [1.165, 1.54) is 10.8 Å². The highest BCUT2D eigenvalue weighted by atomic mass is 15.0. The zero-order chi connectivity index (χ0) is 32.2. The molecule has 0 aliphatic heterocycles. The molecular formula is C44H26N4. The lowest BCUT2D eigenvalue weighted by Crippen LogP contribution is -1.97. The molecule has 0 radical (unpaired) electrons. The van der Waals surface area contributed by atoms with E-state index in [0.29, 0.717) is 11.4 Å². The lowest BCUT2D eigenvalue weighted by molar-refractivity contribution is 1.18. The van der Waals surface area contributed by atoms with Crippen LogP contribution in [0.15, 0.2) is 158 Å². The van der Waals surface area contributed by atoms with Crippen LogP contribution in [0.4, 0.5) is 11.4 Å². The third-order valence-electron chi connectivity index (χ3n) is 9.36. The minimum absolute atomic E-state index is 0.612. The van der Waals surface area contributed by atoms with E-state index in [-0.39, 0.29) is 0 Å². The van der Waals surface area contributed by atoms with Gasteiger partial charge < -0.3 is 9.13 Å².